The lowest BCUT2D eigenvalue weighted by molar-refractivity contribution is -0.113. The van der Waals surface area contributed by atoms with Gasteiger partial charge in [0.1, 0.15) is 0 Å². The number of carbonyl (C=O) groups is 1. The Morgan fingerprint density at radius 1 is 1.12 bits per heavy atom. The van der Waals surface area contributed by atoms with E-state index >= 15 is 0 Å². The Kier molecular flexibility index (Phi) is 7.80. The second-order valence-electron chi connectivity index (χ2n) is 6.79. The largest absolute Gasteiger partial charge is 0.378 e. The van der Waals surface area contributed by atoms with Crippen molar-refractivity contribution in [3.63, 3.8) is 0 Å². The number of benzene rings is 2. The van der Waals surface area contributed by atoms with Gasteiger partial charge in [-0.25, -0.2) is 0 Å². The van der Waals surface area contributed by atoms with E-state index in [2.05, 4.69) is 41.5 Å². The molecule has 0 aliphatic carbocycles. The Morgan fingerprint density at radius 2 is 1.91 bits per heavy atom. The minimum absolute atomic E-state index is 0.129. The normalized spacial score (nSPS) is 13.6. The summed E-state index contributed by atoms with van der Waals surface area (Å²) in [6.45, 7) is 2.63. The van der Waals surface area contributed by atoms with Gasteiger partial charge < -0.3 is 20.3 Å². The Hall–Kier alpha value is -2.40. The molecule has 11 heteroatoms. The van der Waals surface area contributed by atoms with E-state index in [0.717, 1.165) is 10.2 Å². The number of ether oxygens (including phenoxy) is 1. The van der Waals surface area contributed by atoms with Gasteiger partial charge in [0.25, 0.3) is 0 Å². The van der Waals surface area contributed by atoms with E-state index in [0.29, 0.717) is 54.1 Å². The molecule has 1 saturated heterocycles. The quantitative estimate of drug-likeness (QED) is 0.424. The molecule has 0 saturated carbocycles. The number of morpholine rings is 1. The summed E-state index contributed by atoms with van der Waals surface area (Å²) < 4.78 is 6.27. The number of anilines is 4. The van der Waals surface area contributed by atoms with E-state index in [-0.39, 0.29) is 11.7 Å². The number of halogens is 2. The highest BCUT2D eigenvalue weighted by atomic mass is 79.9. The fourth-order valence-corrected chi connectivity index (χ4v) is 4.28. The molecular weight excluding hydrogens is 516 g/mol. The molecule has 2 heterocycles. The molecule has 8 nitrogen and oxygen atoms in total. The number of rotatable bonds is 7. The van der Waals surface area contributed by atoms with Crippen molar-refractivity contribution in [3.05, 3.63) is 58.0 Å². The summed E-state index contributed by atoms with van der Waals surface area (Å²) in [5.74, 6) is 0.904. The van der Waals surface area contributed by atoms with E-state index in [1.165, 1.54) is 11.8 Å². The molecule has 0 unspecified atom stereocenters. The van der Waals surface area contributed by atoms with Crippen LogP contribution in [0.1, 0.15) is 0 Å². The molecule has 0 atom stereocenters. The summed E-state index contributed by atoms with van der Waals surface area (Å²) in [6.07, 6.45) is 0. The SMILES string of the molecule is O=C(CSc1nc(Nc2ccccc2)nc(N2CCOCC2)n1)Nc1ccc(Br)cc1Cl. The molecule has 1 fully saturated rings. The van der Waals surface area contributed by atoms with Crippen LogP contribution in [0.5, 0.6) is 0 Å². The van der Waals surface area contributed by atoms with Gasteiger partial charge in [-0.15, -0.1) is 0 Å². The first-order valence-corrected chi connectivity index (χ1v) is 12.0. The zero-order chi connectivity index (χ0) is 22.3. The van der Waals surface area contributed by atoms with Gasteiger partial charge in [0.2, 0.25) is 17.8 Å². The van der Waals surface area contributed by atoms with Crippen LogP contribution < -0.4 is 15.5 Å². The second kappa shape index (κ2) is 11.0. The average Bonchev–Trinajstić information content (AvgIpc) is 2.81. The van der Waals surface area contributed by atoms with Crippen LogP contribution in [0.2, 0.25) is 5.02 Å². The molecule has 3 aromatic rings. The Balaban J connectivity index is 1.48. The number of aromatic nitrogens is 3. The minimum atomic E-state index is -0.204. The third kappa shape index (κ3) is 6.32. The first-order valence-electron chi connectivity index (χ1n) is 9.85. The smallest absolute Gasteiger partial charge is 0.234 e. The molecule has 1 amide bonds. The van der Waals surface area contributed by atoms with Gasteiger partial charge in [0.15, 0.2) is 5.16 Å². The van der Waals surface area contributed by atoms with Crippen LogP contribution in [-0.4, -0.2) is 52.9 Å². The summed E-state index contributed by atoms with van der Waals surface area (Å²) in [5, 5.41) is 6.94. The number of hydrogen-bond donors (Lipinski definition) is 2. The minimum Gasteiger partial charge on any atom is -0.378 e. The highest BCUT2D eigenvalue weighted by Gasteiger charge is 2.18. The number of carbonyl (C=O) groups excluding carboxylic acids is 1. The van der Waals surface area contributed by atoms with Gasteiger partial charge in [0.05, 0.1) is 29.7 Å². The molecule has 1 aliphatic heterocycles. The first-order chi connectivity index (χ1) is 15.6. The van der Waals surface area contributed by atoms with E-state index in [9.17, 15) is 4.79 Å². The highest BCUT2D eigenvalue weighted by Crippen LogP contribution is 2.26. The Morgan fingerprint density at radius 3 is 2.66 bits per heavy atom. The summed E-state index contributed by atoms with van der Waals surface area (Å²) in [4.78, 5) is 28.1. The van der Waals surface area contributed by atoms with Crippen molar-refractivity contribution in [2.75, 3.05) is 47.6 Å². The lowest BCUT2D eigenvalue weighted by Gasteiger charge is -2.27. The van der Waals surface area contributed by atoms with E-state index in [4.69, 9.17) is 16.3 Å². The van der Waals surface area contributed by atoms with E-state index in [1.54, 1.807) is 12.1 Å². The predicted molar refractivity (Wildman–Crippen MR) is 131 cm³/mol. The third-order valence-electron chi connectivity index (χ3n) is 4.46. The van der Waals surface area contributed by atoms with Crippen LogP contribution in [0.25, 0.3) is 0 Å². The molecule has 0 spiro atoms. The van der Waals surface area contributed by atoms with Crippen molar-refractivity contribution < 1.29 is 9.53 Å². The molecule has 0 bridgehead atoms. The zero-order valence-corrected chi connectivity index (χ0v) is 20.1. The van der Waals surface area contributed by atoms with Crippen molar-refractivity contribution in [2.24, 2.45) is 0 Å². The molecule has 1 aromatic heterocycles. The number of thioether (sulfide) groups is 1. The average molecular weight is 536 g/mol. The lowest BCUT2D eigenvalue weighted by Crippen LogP contribution is -2.37. The second-order valence-corrected chi connectivity index (χ2v) is 9.06. The van der Waals surface area contributed by atoms with Crippen LogP contribution in [0, 0.1) is 0 Å². The Labute approximate surface area is 203 Å². The first kappa shape index (κ1) is 22.8. The maximum atomic E-state index is 12.5. The Bertz CT molecular complexity index is 1090. The molecular formula is C21H20BrClN6O2S. The van der Waals surface area contributed by atoms with Gasteiger partial charge in [-0.1, -0.05) is 57.5 Å². The fourth-order valence-electron chi connectivity index (χ4n) is 2.93. The maximum absolute atomic E-state index is 12.5. The number of para-hydroxylation sites is 1. The molecule has 4 rings (SSSR count). The van der Waals surface area contributed by atoms with Crippen LogP contribution in [0.3, 0.4) is 0 Å². The van der Waals surface area contributed by atoms with E-state index in [1.807, 2.05) is 41.3 Å². The molecule has 2 aromatic carbocycles. The van der Waals surface area contributed by atoms with Gasteiger partial charge in [-0.3, -0.25) is 4.79 Å². The number of hydrogen-bond acceptors (Lipinski definition) is 8. The van der Waals surface area contributed by atoms with Crippen molar-refractivity contribution in [2.45, 2.75) is 5.16 Å². The van der Waals surface area contributed by atoms with Crippen LogP contribution >= 0.6 is 39.3 Å². The van der Waals surface area contributed by atoms with Crippen LogP contribution in [0.15, 0.2) is 58.2 Å². The van der Waals surface area contributed by atoms with Gasteiger partial charge in [0, 0.05) is 23.2 Å². The van der Waals surface area contributed by atoms with E-state index < -0.39 is 0 Å². The topological polar surface area (TPSA) is 92.3 Å². The van der Waals surface area contributed by atoms with Gasteiger partial charge in [-0.2, -0.15) is 15.0 Å². The predicted octanol–water partition coefficient (Wildman–Crippen LogP) is 4.60. The molecule has 1 aliphatic rings. The summed E-state index contributed by atoms with van der Waals surface area (Å²) >= 11 is 10.8. The van der Waals surface area contributed by atoms with Gasteiger partial charge in [-0.05, 0) is 30.3 Å². The number of nitrogens with one attached hydrogen (secondary N) is 2. The fraction of sp³-hybridized carbons (Fsp3) is 0.238. The summed E-state index contributed by atoms with van der Waals surface area (Å²) in [7, 11) is 0. The molecule has 166 valence electrons. The van der Waals surface area contributed by atoms with Crippen molar-refractivity contribution in [3.8, 4) is 0 Å². The molecule has 0 radical (unpaired) electrons. The van der Waals surface area contributed by atoms with Crippen molar-refractivity contribution in [1.29, 1.82) is 0 Å². The van der Waals surface area contributed by atoms with Crippen LogP contribution in [-0.2, 0) is 9.53 Å². The number of amides is 1. The van der Waals surface area contributed by atoms with Crippen molar-refractivity contribution >= 4 is 68.5 Å². The molecule has 2 N–H and O–H groups in total. The van der Waals surface area contributed by atoms with Crippen molar-refractivity contribution in [1.82, 2.24) is 15.0 Å². The standard InChI is InChI=1S/C21H20BrClN6O2S/c22-14-6-7-17(16(23)12-14)25-18(30)13-32-21-27-19(24-15-4-2-1-3-5-15)26-20(28-21)29-8-10-31-11-9-29/h1-7,12H,8-11,13H2,(H,25,30)(H,24,26,27,28). The van der Waals surface area contributed by atoms with Gasteiger partial charge >= 0.3 is 0 Å². The summed E-state index contributed by atoms with van der Waals surface area (Å²) in [6, 6.07) is 15.0. The van der Waals surface area contributed by atoms with Crippen LogP contribution in [0.4, 0.5) is 23.3 Å². The maximum Gasteiger partial charge on any atom is 0.234 e. The monoisotopic (exact) mass is 534 g/mol. The lowest BCUT2D eigenvalue weighted by atomic mass is 10.3. The zero-order valence-electron chi connectivity index (χ0n) is 16.9. The third-order valence-corrected chi connectivity index (χ3v) is 6.12. The summed E-state index contributed by atoms with van der Waals surface area (Å²) in [5.41, 5.74) is 1.42. The highest BCUT2D eigenvalue weighted by molar-refractivity contribution is 9.10. The number of nitrogens with zero attached hydrogens (tertiary/aromatic N) is 4. The molecule has 32 heavy (non-hydrogen) atoms.